The molecule has 3 rings (SSSR count). The molecule has 0 radical (unpaired) electrons. The maximum Gasteiger partial charge on any atom is 0.329 e. The summed E-state index contributed by atoms with van der Waals surface area (Å²) in [4.78, 5) is 25.2. The van der Waals surface area contributed by atoms with Crippen LogP contribution in [0.5, 0.6) is 0 Å². The Labute approximate surface area is 149 Å². The summed E-state index contributed by atoms with van der Waals surface area (Å²) >= 11 is 1.33. The number of benzene rings is 1. The lowest BCUT2D eigenvalue weighted by Gasteiger charge is -2.20. The summed E-state index contributed by atoms with van der Waals surface area (Å²) in [6, 6.07) is 12.2. The third kappa shape index (κ3) is 4.09. The molecule has 6 heteroatoms. The zero-order valence-electron chi connectivity index (χ0n) is 14.0. The van der Waals surface area contributed by atoms with E-state index in [-0.39, 0.29) is 18.4 Å². The highest BCUT2D eigenvalue weighted by Gasteiger charge is 2.26. The van der Waals surface area contributed by atoms with Crippen LogP contribution in [0.1, 0.15) is 29.3 Å². The van der Waals surface area contributed by atoms with Gasteiger partial charge in [-0.05, 0) is 29.5 Å². The van der Waals surface area contributed by atoms with Gasteiger partial charge in [-0.3, -0.25) is 4.79 Å². The standard InChI is InChI=1S/C19H19NO4S/c1-12(2)17(20-18(21)16-8-5-9-25-16)19(22)23-11-14-10-13-6-3-4-7-15(13)24-14/h3-10,12,17H,11H2,1-2H3,(H,20,21). The summed E-state index contributed by atoms with van der Waals surface area (Å²) < 4.78 is 11.0. The van der Waals surface area contributed by atoms with Crippen LogP contribution in [-0.2, 0) is 16.1 Å². The van der Waals surface area contributed by atoms with Crippen molar-refractivity contribution in [2.24, 2.45) is 5.92 Å². The Morgan fingerprint density at radius 3 is 2.68 bits per heavy atom. The maximum atomic E-state index is 12.4. The van der Waals surface area contributed by atoms with E-state index in [2.05, 4.69) is 5.32 Å². The lowest BCUT2D eigenvalue weighted by molar-refractivity contribution is -0.149. The minimum atomic E-state index is -0.709. The molecule has 2 aromatic heterocycles. The minimum absolute atomic E-state index is 0.0333. The molecule has 0 saturated carbocycles. The van der Waals surface area contributed by atoms with Crippen LogP contribution in [0.2, 0.25) is 0 Å². The molecule has 0 fully saturated rings. The number of hydrogen-bond donors (Lipinski definition) is 1. The van der Waals surface area contributed by atoms with Crippen LogP contribution in [0.15, 0.2) is 52.3 Å². The molecule has 0 aliphatic rings. The van der Waals surface area contributed by atoms with Crippen molar-refractivity contribution < 1.29 is 18.7 Å². The lowest BCUT2D eigenvalue weighted by atomic mass is 10.0. The summed E-state index contributed by atoms with van der Waals surface area (Å²) in [7, 11) is 0. The number of ether oxygens (including phenoxy) is 1. The number of esters is 1. The number of carbonyl (C=O) groups is 2. The molecule has 0 aliphatic heterocycles. The summed E-state index contributed by atoms with van der Waals surface area (Å²) in [6.07, 6.45) is 0. The molecule has 130 valence electrons. The van der Waals surface area contributed by atoms with E-state index in [1.54, 1.807) is 12.1 Å². The van der Waals surface area contributed by atoms with Crippen molar-refractivity contribution in [3.05, 3.63) is 58.5 Å². The van der Waals surface area contributed by atoms with Crippen molar-refractivity contribution in [1.29, 1.82) is 0 Å². The van der Waals surface area contributed by atoms with Crippen molar-refractivity contribution >= 4 is 34.2 Å². The predicted octanol–water partition coefficient (Wildman–Crippen LogP) is 3.99. The summed E-state index contributed by atoms with van der Waals surface area (Å²) in [6.45, 7) is 3.76. The van der Waals surface area contributed by atoms with Crippen molar-refractivity contribution in [2.45, 2.75) is 26.5 Å². The average molecular weight is 357 g/mol. The number of hydrogen-bond acceptors (Lipinski definition) is 5. The molecule has 1 atom stereocenters. The van der Waals surface area contributed by atoms with Crippen LogP contribution in [0, 0.1) is 5.92 Å². The summed E-state index contributed by atoms with van der Waals surface area (Å²) in [5, 5.41) is 5.52. The SMILES string of the molecule is CC(C)C(NC(=O)c1cccs1)C(=O)OCc1cc2ccccc2o1. The van der Waals surface area contributed by atoms with Crippen LogP contribution in [0.4, 0.5) is 0 Å². The monoisotopic (exact) mass is 357 g/mol. The first-order valence-electron chi connectivity index (χ1n) is 8.03. The number of fused-ring (bicyclic) bond motifs is 1. The smallest absolute Gasteiger partial charge is 0.329 e. The van der Waals surface area contributed by atoms with E-state index in [9.17, 15) is 9.59 Å². The topological polar surface area (TPSA) is 68.5 Å². The fourth-order valence-electron chi connectivity index (χ4n) is 2.46. The van der Waals surface area contributed by atoms with Gasteiger partial charge in [0.25, 0.3) is 5.91 Å². The van der Waals surface area contributed by atoms with Gasteiger partial charge in [-0.2, -0.15) is 0 Å². The molecular weight excluding hydrogens is 338 g/mol. The molecule has 0 aliphatic carbocycles. The van der Waals surface area contributed by atoms with Crippen LogP contribution >= 0.6 is 11.3 Å². The van der Waals surface area contributed by atoms with E-state index >= 15 is 0 Å². The molecule has 1 N–H and O–H groups in total. The Morgan fingerprint density at radius 1 is 1.20 bits per heavy atom. The number of rotatable bonds is 6. The molecule has 1 unspecified atom stereocenters. The molecule has 2 heterocycles. The second-order valence-electron chi connectivity index (χ2n) is 6.03. The molecule has 3 aromatic rings. The van der Waals surface area contributed by atoms with E-state index in [0.29, 0.717) is 10.6 Å². The first-order valence-corrected chi connectivity index (χ1v) is 8.91. The van der Waals surface area contributed by atoms with E-state index < -0.39 is 12.0 Å². The lowest BCUT2D eigenvalue weighted by Crippen LogP contribution is -2.45. The van der Waals surface area contributed by atoms with Crippen LogP contribution in [-0.4, -0.2) is 17.9 Å². The Bertz CT molecular complexity index is 834. The Morgan fingerprint density at radius 2 is 2.00 bits per heavy atom. The van der Waals surface area contributed by atoms with Gasteiger partial charge < -0.3 is 14.5 Å². The fourth-order valence-corrected chi connectivity index (χ4v) is 3.08. The fraction of sp³-hybridized carbons (Fsp3) is 0.263. The van der Waals surface area contributed by atoms with Gasteiger partial charge in [-0.25, -0.2) is 4.79 Å². The molecule has 0 spiro atoms. The first-order chi connectivity index (χ1) is 12.0. The zero-order valence-corrected chi connectivity index (χ0v) is 14.8. The van der Waals surface area contributed by atoms with Crippen LogP contribution in [0.3, 0.4) is 0 Å². The molecule has 1 amide bonds. The number of amides is 1. The second kappa shape index (κ2) is 7.53. The highest BCUT2D eigenvalue weighted by Crippen LogP contribution is 2.20. The highest BCUT2D eigenvalue weighted by atomic mass is 32.1. The van der Waals surface area contributed by atoms with Gasteiger partial charge in [0.05, 0.1) is 4.88 Å². The Kier molecular flexibility index (Phi) is 5.19. The van der Waals surface area contributed by atoms with E-state index in [4.69, 9.17) is 9.15 Å². The number of para-hydroxylation sites is 1. The molecule has 1 aromatic carbocycles. The normalized spacial score (nSPS) is 12.3. The van der Waals surface area contributed by atoms with Crippen LogP contribution < -0.4 is 5.32 Å². The van der Waals surface area contributed by atoms with Gasteiger partial charge in [0, 0.05) is 5.39 Å². The van der Waals surface area contributed by atoms with Crippen molar-refractivity contribution in [1.82, 2.24) is 5.32 Å². The molecule has 5 nitrogen and oxygen atoms in total. The molecule has 0 saturated heterocycles. The third-order valence-corrected chi connectivity index (χ3v) is 4.65. The van der Waals surface area contributed by atoms with Gasteiger partial charge in [-0.1, -0.05) is 38.1 Å². The number of carbonyl (C=O) groups excluding carboxylic acids is 2. The third-order valence-electron chi connectivity index (χ3n) is 3.79. The largest absolute Gasteiger partial charge is 0.457 e. The van der Waals surface area contributed by atoms with Crippen molar-refractivity contribution in [2.75, 3.05) is 0 Å². The van der Waals surface area contributed by atoms with Gasteiger partial charge in [-0.15, -0.1) is 11.3 Å². The first kappa shape index (κ1) is 17.2. The van der Waals surface area contributed by atoms with Gasteiger partial charge in [0.1, 0.15) is 24.0 Å². The van der Waals surface area contributed by atoms with Crippen molar-refractivity contribution in [3.8, 4) is 0 Å². The van der Waals surface area contributed by atoms with Gasteiger partial charge in [0.15, 0.2) is 0 Å². The van der Waals surface area contributed by atoms with E-state index in [1.165, 1.54) is 11.3 Å². The molecule has 0 bridgehead atoms. The molecule has 25 heavy (non-hydrogen) atoms. The Hall–Kier alpha value is -2.60. The maximum absolute atomic E-state index is 12.4. The zero-order chi connectivity index (χ0) is 17.8. The van der Waals surface area contributed by atoms with Gasteiger partial charge in [0.2, 0.25) is 0 Å². The van der Waals surface area contributed by atoms with Crippen LogP contribution in [0.25, 0.3) is 11.0 Å². The van der Waals surface area contributed by atoms with E-state index in [0.717, 1.165) is 11.0 Å². The summed E-state index contributed by atoms with van der Waals surface area (Å²) in [5.74, 6) is -0.261. The Balaban J connectivity index is 1.63. The van der Waals surface area contributed by atoms with E-state index in [1.807, 2.05) is 49.6 Å². The minimum Gasteiger partial charge on any atom is -0.457 e. The number of nitrogens with one attached hydrogen (secondary N) is 1. The molecular formula is C19H19NO4S. The second-order valence-corrected chi connectivity index (χ2v) is 6.98. The number of thiophene rings is 1. The average Bonchev–Trinajstić information content (AvgIpc) is 3.25. The van der Waals surface area contributed by atoms with Crippen molar-refractivity contribution in [3.63, 3.8) is 0 Å². The number of furan rings is 1. The quantitative estimate of drug-likeness (QED) is 0.677. The highest BCUT2D eigenvalue weighted by molar-refractivity contribution is 7.12. The predicted molar refractivity (Wildman–Crippen MR) is 96.4 cm³/mol. The summed E-state index contributed by atoms with van der Waals surface area (Å²) in [5.41, 5.74) is 0.750. The van der Waals surface area contributed by atoms with Gasteiger partial charge >= 0.3 is 5.97 Å².